The van der Waals surface area contributed by atoms with Gasteiger partial charge in [0.05, 0.1) is 4.92 Å². The zero-order chi connectivity index (χ0) is 18.7. The van der Waals surface area contributed by atoms with E-state index < -0.39 is 31.6 Å². The second kappa shape index (κ2) is 7.52. The van der Waals surface area contributed by atoms with Gasteiger partial charge in [-0.1, -0.05) is 11.6 Å². The van der Waals surface area contributed by atoms with Crippen LogP contribution >= 0.6 is 11.6 Å². The lowest BCUT2D eigenvalue weighted by Crippen LogP contribution is -2.48. The topological polar surface area (TPSA) is 118 Å². The Hall–Kier alpha value is -2.30. The van der Waals surface area contributed by atoms with Crippen molar-refractivity contribution in [3.8, 4) is 0 Å². The Kier molecular flexibility index (Phi) is 5.35. The van der Waals surface area contributed by atoms with Crippen LogP contribution in [0.3, 0.4) is 0 Å². The van der Waals surface area contributed by atoms with Gasteiger partial charge in [0.2, 0.25) is 16.0 Å². The highest BCUT2D eigenvalue weighted by Gasteiger charge is 2.31. The summed E-state index contributed by atoms with van der Waals surface area (Å²) in [6, 6.07) is 4.78. The summed E-state index contributed by atoms with van der Waals surface area (Å²) in [5.74, 6) is 0.522. The number of aromatic nitrogens is 2. The molecule has 0 aliphatic carbocycles. The van der Waals surface area contributed by atoms with Gasteiger partial charge in [-0.05, 0) is 31.0 Å². The van der Waals surface area contributed by atoms with Crippen molar-refractivity contribution in [2.45, 2.75) is 23.8 Å². The molecular formula is C15H16ClN5O4S. The van der Waals surface area contributed by atoms with Crippen molar-refractivity contribution in [1.29, 1.82) is 0 Å². The fraction of sp³-hybridized carbons (Fsp3) is 0.333. The van der Waals surface area contributed by atoms with Gasteiger partial charge in [-0.2, -0.15) is 0 Å². The minimum absolute atomic E-state index is 0.0979. The molecule has 1 aromatic carbocycles. The van der Waals surface area contributed by atoms with Crippen LogP contribution in [0.5, 0.6) is 0 Å². The average molecular weight is 398 g/mol. The van der Waals surface area contributed by atoms with Crippen LogP contribution in [0.4, 0.5) is 11.6 Å². The summed E-state index contributed by atoms with van der Waals surface area (Å²) in [5.41, 5.74) is -0.552. The predicted molar refractivity (Wildman–Crippen MR) is 95.7 cm³/mol. The Bertz CT molecular complexity index is 910. The molecule has 138 valence electrons. The number of nitro groups is 1. The summed E-state index contributed by atoms with van der Waals surface area (Å²) in [6.07, 6.45) is 4.60. The lowest BCUT2D eigenvalue weighted by Gasteiger charge is -2.32. The quantitative estimate of drug-likeness (QED) is 0.605. The summed E-state index contributed by atoms with van der Waals surface area (Å²) >= 11 is 5.75. The Morgan fingerprint density at radius 3 is 2.73 bits per heavy atom. The summed E-state index contributed by atoms with van der Waals surface area (Å²) in [4.78, 5) is 20.2. The van der Waals surface area contributed by atoms with Crippen LogP contribution in [0.1, 0.15) is 12.8 Å². The van der Waals surface area contributed by atoms with Crippen LogP contribution in [-0.4, -0.2) is 42.4 Å². The van der Waals surface area contributed by atoms with Gasteiger partial charge in [0.25, 0.3) is 5.69 Å². The molecule has 2 heterocycles. The van der Waals surface area contributed by atoms with Gasteiger partial charge in [-0.3, -0.25) is 10.1 Å². The van der Waals surface area contributed by atoms with E-state index in [1.165, 1.54) is 6.07 Å². The summed E-state index contributed by atoms with van der Waals surface area (Å²) in [7, 11) is -4.08. The molecule has 3 rings (SSSR count). The molecule has 0 saturated carbocycles. The highest BCUT2D eigenvalue weighted by molar-refractivity contribution is 7.89. The van der Waals surface area contributed by atoms with Crippen molar-refractivity contribution in [1.82, 2.24) is 14.7 Å². The number of nitrogens with zero attached hydrogens (tertiary/aromatic N) is 4. The van der Waals surface area contributed by atoms with Crippen LogP contribution in [0.2, 0.25) is 5.02 Å². The highest BCUT2D eigenvalue weighted by atomic mass is 35.5. The molecule has 0 bridgehead atoms. The van der Waals surface area contributed by atoms with Crippen molar-refractivity contribution < 1.29 is 13.3 Å². The molecule has 1 fully saturated rings. The number of rotatable bonds is 5. The Morgan fingerprint density at radius 2 is 2.04 bits per heavy atom. The monoisotopic (exact) mass is 397 g/mol. The number of nitrogens with one attached hydrogen (secondary N) is 1. The molecule has 1 unspecified atom stereocenters. The first-order chi connectivity index (χ1) is 12.4. The highest BCUT2D eigenvalue weighted by Crippen LogP contribution is 2.28. The van der Waals surface area contributed by atoms with E-state index in [0.29, 0.717) is 25.5 Å². The third-order valence-electron chi connectivity index (χ3n) is 3.99. The molecule has 1 aliphatic heterocycles. The minimum Gasteiger partial charge on any atom is -0.339 e. The molecule has 26 heavy (non-hydrogen) atoms. The van der Waals surface area contributed by atoms with Crippen molar-refractivity contribution in [2.24, 2.45) is 0 Å². The Morgan fingerprint density at radius 1 is 1.31 bits per heavy atom. The van der Waals surface area contributed by atoms with Gasteiger partial charge < -0.3 is 4.90 Å². The summed E-state index contributed by atoms with van der Waals surface area (Å²) < 4.78 is 27.9. The molecule has 11 heteroatoms. The Labute approximate surface area is 155 Å². The van der Waals surface area contributed by atoms with Crippen LogP contribution in [0, 0.1) is 10.1 Å². The largest absolute Gasteiger partial charge is 0.339 e. The molecule has 0 amide bonds. The lowest BCUT2D eigenvalue weighted by molar-refractivity contribution is -0.387. The molecule has 1 aromatic heterocycles. The molecule has 1 saturated heterocycles. The van der Waals surface area contributed by atoms with Crippen LogP contribution < -0.4 is 9.62 Å². The van der Waals surface area contributed by atoms with Gasteiger partial charge in [0.1, 0.15) is 0 Å². The molecule has 1 N–H and O–H groups in total. The number of hydrogen-bond donors (Lipinski definition) is 1. The first-order valence-corrected chi connectivity index (χ1v) is 9.71. The van der Waals surface area contributed by atoms with Gasteiger partial charge in [-0.25, -0.2) is 23.1 Å². The standard InChI is InChI=1S/C15H16ClN5O4S/c16-11-4-5-14(13(9-11)21(22)23)26(24,25)19-12-3-1-8-20(10-12)15-17-6-2-7-18-15/h2,4-7,9,12,19H,1,3,8,10H2. The fourth-order valence-corrected chi connectivity index (χ4v) is 4.43. The van der Waals surface area contributed by atoms with Crippen molar-refractivity contribution in [2.75, 3.05) is 18.0 Å². The van der Waals surface area contributed by atoms with E-state index in [1.807, 2.05) is 4.90 Å². The molecule has 1 aliphatic rings. The SMILES string of the molecule is O=[N+]([O-])c1cc(Cl)ccc1S(=O)(=O)NC1CCCN(c2ncccn2)C1. The maximum absolute atomic E-state index is 12.7. The van der Waals surface area contributed by atoms with Gasteiger partial charge in [0.15, 0.2) is 4.90 Å². The van der Waals surface area contributed by atoms with E-state index in [9.17, 15) is 18.5 Å². The second-order valence-corrected chi connectivity index (χ2v) is 7.94. The fourth-order valence-electron chi connectivity index (χ4n) is 2.85. The van der Waals surface area contributed by atoms with Crippen molar-refractivity contribution >= 4 is 33.3 Å². The molecule has 1 atom stereocenters. The molecular weight excluding hydrogens is 382 g/mol. The number of anilines is 1. The second-order valence-electron chi connectivity index (χ2n) is 5.82. The third kappa shape index (κ3) is 4.09. The number of piperidine rings is 1. The summed E-state index contributed by atoms with van der Waals surface area (Å²) in [6.45, 7) is 1.09. The van der Waals surface area contributed by atoms with Crippen LogP contribution in [0.25, 0.3) is 0 Å². The van der Waals surface area contributed by atoms with E-state index in [1.54, 1.807) is 18.5 Å². The summed E-state index contributed by atoms with van der Waals surface area (Å²) in [5, 5.41) is 11.3. The first kappa shape index (κ1) is 18.5. The molecule has 0 radical (unpaired) electrons. The Balaban J connectivity index is 1.81. The van der Waals surface area contributed by atoms with Gasteiger partial charge >= 0.3 is 0 Å². The van der Waals surface area contributed by atoms with E-state index in [0.717, 1.165) is 18.6 Å². The van der Waals surface area contributed by atoms with E-state index in [4.69, 9.17) is 11.6 Å². The van der Waals surface area contributed by atoms with E-state index >= 15 is 0 Å². The van der Waals surface area contributed by atoms with Crippen molar-refractivity contribution in [3.63, 3.8) is 0 Å². The van der Waals surface area contributed by atoms with E-state index in [-0.39, 0.29) is 5.02 Å². The third-order valence-corrected chi connectivity index (χ3v) is 5.79. The molecule has 9 nitrogen and oxygen atoms in total. The maximum atomic E-state index is 12.7. The number of benzene rings is 1. The predicted octanol–water partition coefficient (Wildman–Crippen LogP) is 1.99. The van der Waals surface area contributed by atoms with Gasteiger partial charge in [-0.15, -0.1) is 0 Å². The molecule has 2 aromatic rings. The number of halogens is 1. The van der Waals surface area contributed by atoms with Gasteiger partial charge in [0, 0.05) is 42.6 Å². The average Bonchev–Trinajstić information content (AvgIpc) is 2.62. The maximum Gasteiger partial charge on any atom is 0.290 e. The van der Waals surface area contributed by atoms with Crippen LogP contribution in [0.15, 0.2) is 41.6 Å². The smallest absolute Gasteiger partial charge is 0.290 e. The van der Waals surface area contributed by atoms with E-state index in [2.05, 4.69) is 14.7 Å². The van der Waals surface area contributed by atoms with Crippen LogP contribution in [-0.2, 0) is 10.0 Å². The normalized spacial score (nSPS) is 17.9. The minimum atomic E-state index is -4.08. The lowest BCUT2D eigenvalue weighted by atomic mass is 10.1. The first-order valence-electron chi connectivity index (χ1n) is 7.85. The zero-order valence-electron chi connectivity index (χ0n) is 13.6. The molecule has 0 spiro atoms. The number of hydrogen-bond acceptors (Lipinski definition) is 7. The zero-order valence-corrected chi connectivity index (χ0v) is 15.2. The van der Waals surface area contributed by atoms with Crippen molar-refractivity contribution in [3.05, 3.63) is 51.8 Å². The number of sulfonamides is 1. The number of nitro benzene ring substituents is 1.